The maximum atomic E-state index is 4.95. The molecule has 0 atom stereocenters. The predicted octanol–water partition coefficient (Wildman–Crippen LogP) is 14.1. The standard InChI is InChI=1S/C39H30N3.C17H12N.Ir/c1-24-13-15-41-37(17-24)28-12-11-26(3)35(22-28)29-19-30(21-31(20-29)38-18-25(2)16-27(4)42-38)36-23-39-34(10-7-14-40-39)32-8-5-6-9-33(32)36;1-2-8-14(9-3-1)15-10-4-5-11-16(15)17-12-6-7-13-18-17;/h5-11,13-23H,1-4H3;1-10,12-13H;/q2*-1;. The van der Waals surface area contributed by atoms with E-state index in [1.54, 1.807) is 0 Å². The zero-order valence-electron chi connectivity index (χ0n) is 34.4. The van der Waals surface area contributed by atoms with Gasteiger partial charge >= 0.3 is 0 Å². The third-order valence-corrected chi connectivity index (χ3v) is 10.8. The van der Waals surface area contributed by atoms with Gasteiger partial charge in [0.2, 0.25) is 0 Å². The summed E-state index contributed by atoms with van der Waals surface area (Å²) < 4.78 is 0. The van der Waals surface area contributed by atoms with Gasteiger partial charge in [-0.15, -0.1) is 59.2 Å². The van der Waals surface area contributed by atoms with Crippen LogP contribution in [0.15, 0.2) is 182 Å². The minimum Gasteiger partial charge on any atom is -0.305 e. The summed E-state index contributed by atoms with van der Waals surface area (Å²) in [7, 11) is 0. The first-order valence-electron chi connectivity index (χ1n) is 20.2. The summed E-state index contributed by atoms with van der Waals surface area (Å²) in [6.45, 7) is 8.43. The summed E-state index contributed by atoms with van der Waals surface area (Å²) >= 11 is 0. The van der Waals surface area contributed by atoms with Gasteiger partial charge in [0.1, 0.15) is 0 Å². The summed E-state index contributed by atoms with van der Waals surface area (Å²) in [5, 5.41) is 3.57. The number of rotatable bonds is 6. The van der Waals surface area contributed by atoms with Gasteiger partial charge in [-0.1, -0.05) is 108 Å². The molecule has 0 saturated carbocycles. The van der Waals surface area contributed by atoms with Crippen molar-refractivity contribution in [3.63, 3.8) is 0 Å². The molecule has 0 N–H and O–H groups in total. The van der Waals surface area contributed by atoms with Crippen molar-refractivity contribution in [2.75, 3.05) is 0 Å². The molecule has 10 aromatic rings. The van der Waals surface area contributed by atoms with Crippen LogP contribution in [-0.2, 0) is 20.1 Å². The Morgan fingerprint density at radius 2 is 1.13 bits per heavy atom. The second-order valence-corrected chi connectivity index (χ2v) is 15.2. The molecular weight excluding hydrogens is 921 g/mol. The maximum absolute atomic E-state index is 4.95. The summed E-state index contributed by atoms with van der Waals surface area (Å²) in [6, 6.07) is 63.6. The Labute approximate surface area is 371 Å². The van der Waals surface area contributed by atoms with Crippen molar-refractivity contribution in [2.24, 2.45) is 0 Å². The largest absolute Gasteiger partial charge is 0.305 e. The summed E-state index contributed by atoms with van der Waals surface area (Å²) in [6.07, 6.45) is 5.54. The topological polar surface area (TPSA) is 51.6 Å². The molecule has 0 aliphatic carbocycles. The number of hydrogen-bond acceptors (Lipinski definition) is 4. The normalized spacial score (nSPS) is 10.8. The van der Waals surface area contributed by atoms with Gasteiger partial charge in [-0.3, -0.25) is 9.97 Å². The molecule has 0 spiro atoms. The molecule has 1 radical (unpaired) electrons. The van der Waals surface area contributed by atoms with Crippen molar-refractivity contribution in [1.29, 1.82) is 0 Å². The van der Waals surface area contributed by atoms with E-state index in [-0.39, 0.29) is 20.1 Å². The number of fused-ring (bicyclic) bond motifs is 3. The van der Waals surface area contributed by atoms with Crippen molar-refractivity contribution in [2.45, 2.75) is 27.7 Å². The van der Waals surface area contributed by atoms with E-state index in [9.17, 15) is 0 Å². The van der Waals surface area contributed by atoms with Gasteiger partial charge in [-0.2, -0.15) is 0 Å². The summed E-state index contributed by atoms with van der Waals surface area (Å²) in [4.78, 5) is 18.7. The van der Waals surface area contributed by atoms with Gasteiger partial charge in [0.15, 0.2) is 0 Å². The molecule has 4 aromatic heterocycles. The SMILES string of the molecule is Cc1ccnc(-c2[c-]cc(C)c(-c3cc(-c4cc(C)cc(C)n4)cc(-c4cc5ncccc5c5ccccc45)c3)c2)c1.[Ir].[c-]1cccc(-c2ccccc2)c1-c1ccccn1. The van der Waals surface area contributed by atoms with E-state index in [4.69, 9.17) is 9.97 Å². The summed E-state index contributed by atoms with van der Waals surface area (Å²) in [5.74, 6) is 0. The fraction of sp³-hybridized carbons (Fsp3) is 0.0714. The number of hydrogen-bond donors (Lipinski definition) is 0. The van der Waals surface area contributed by atoms with Gasteiger partial charge < -0.3 is 9.97 Å². The monoisotopic (exact) mass is 963 g/mol. The zero-order chi connectivity index (χ0) is 41.0. The maximum Gasteiger partial charge on any atom is 0.0714 e. The molecule has 0 bridgehead atoms. The molecule has 0 unspecified atom stereocenters. The van der Waals surface area contributed by atoms with Crippen LogP contribution in [0.25, 0.3) is 88.8 Å². The van der Waals surface area contributed by atoms with Crippen LogP contribution in [0.1, 0.15) is 22.4 Å². The third kappa shape index (κ3) is 8.86. The molecule has 0 fully saturated rings. The van der Waals surface area contributed by atoms with E-state index < -0.39 is 0 Å². The van der Waals surface area contributed by atoms with E-state index in [0.717, 1.165) is 83.7 Å². The Morgan fingerprint density at radius 3 is 1.92 bits per heavy atom. The zero-order valence-corrected chi connectivity index (χ0v) is 36.8. The minimum absolute atomic E-state index is 0. The fourth-order valence-corrected chi connectivity index (χ4v) is 7.97. The van der Waals surface area contributed by atoms with E-state index in [2.05, 4.69) is 153 Å². The average Bonchev–Trinajstić information content (AvgIpc) is 3.29. The molecule has 297 valence electrons. The Bertz CT molecular complexity index is 3060. The Hall–Kier alpha value is -6.91. The average molecular weight is 963 g/mol. The van der Waals surface area contributed by atoms with Crippen molar-refractivity contribution in [3.05, 3.63) is 217 Å². The number of nitrogens with zero attached hydrogens (tertiary/aromatic N) is 4. The first kappa shape index (κ1) is 40.9. The second kappa shape index (κ2) is 18.1. The van der Waals surface area contributed by atoms with Gasteiger partial charge in [-0.05, 0) is 120 Å². The number of aromatic nitrogens is 4. The summed E-state index contributed by atoms with van der Waals surface area (Å²) in [5.41, 5.74) is 18.4. The Morgan fingerprint density at radius 1 is 0.426 bits per heavy atom. The van der Waals surface area contributed by atoms with Gasteiger partial charge in [0.25, 0.3) is 0 Å². The quantitative estimate of drug-likeness (QED) is 0.123. The van der Waals surface area contributed by atoms with Crippen molar-refractivity contribution >= 4 is 21.7 Å². The molecule has 10 rings (SSSR count). The van der Waals surface area contributed by atoms with Crippen LogP contribution in [0.5, 0.6) is 0 Å². The van der Waals surface area contributed by atoms with Gasteiger partial charge in [-0.25, -0.2) is 0 Å². The van der Waals surface area contributed by atoms with E-state index in [1.807, 2.05) is 79.3 Å². The van der Waals surface area contributed by atoms with Crippen molar-refractivity contribution in [3.8, 4) is 67.2 Å². The Balaban J connectivity index is 0.000000226. The van der Waals surface area contributed by atoms with Gasteiger partial charge in [0, 0.05) is 55.3 Å². The molecule has 61 heavy (non-hydrogen) atoms. The molecule has 0 aliphatic rings. The second-order valence-electron chi connectivity index (χ2n) is 15.2. The smallest absolute Gasteiger partial charge is 0.0714 e. The van der Waals surface area contributed by atoms with E-state index in [0.29, 0.717) is 0 Å². The number of aryl methyl sites for hydroxylation is 4. The van der Waals surface area contributed by atoms with Crippen molar-refractivity contribution < 1.29 is 20.1 Å². The molecule has 5 heteroatoms. The van der Waals surface area contributed by atoms with Crippen LogP contribution in [0.3, 0.4) is 0 Å². The number of benzene rings is 6. The van der Waals surface area contributed by atoms with Crippen LogP contribution >= 0.6 is 0 Å². The molecule has 4 nitrogen and oxygen atoms in total. The Kier molecular flexibility index (Phi) is 12.2. The minimum atomic E-state index is 0. The third-order valence-electron chi connectivity index (χ3n) is 10.8. The molecule has 0 amide bonds. The van der Waals surface area contributed by atoms with Crippen LogP contribution in [-0.4, -0.2) is 19.9 Å². The van der Waals surface area contributed by atoms with E-state index in [1.165, 1.54) is 27.5 Å². The van der Waals surface area contributed by atoms with Crippen molar-refractivity contribution in [1.82, 2.24) is 19.9 Å². The first-order chi connectivity index (χ1) is 29.4. The molecule has 4 heterocycles. The van der Waals surface area contributed by atoms with Crippen LogP contribution in [0.4, 0.5) is 0 Å². The fourth-order valence-electron chi connectivity index (χ4n) is 7.97. The van der Waals surface area contributed by atoms with Gasteiger partial charge in [0.05, 0.1) is 11.2 Å². The molecule has 6 aromatic carbocycles. The van der Waals surface area contributed by atoms with E-state index >= 15 is 0 Å². The molecule has 0 aliphatic heterocycles. The molecular formula is C56H42IrN4-2. The number of pyridine rings is 4. The molecule has 0 saturated heterocycles. The van der Waals surface area contributed by atoms with Crippen LogP contribution in [0.2, 0.25) is 0 Å². The predicted molar refractivity (Wildman–Crippen MR) is 248 cm³/mol. The first-order valence-corrected chi connectivity index (χ1v) is 20.2. The van der Waals surface area contributed by atoms with Crippen LogP contribution < -0.4 is 0 Å². The van der Waals surface area contributed by atoms with Crippen LogP contribution in [0, 0.1) is 39.8 Å².